The van der Waals surface area contributed by atoms with Gasteiger partial charge in [0.2, 0.25) is 0 Å². The summed E-state index contributed by atoms with van der Waals surface area (Å²) in [4.78, 5) is 24.4. The second-order valence-electron chi connectivity index (χ2n) is 4.34. The molecular formula is C13H15NO4. The van der Waals surface area contributed by atoms with Crippen molar-refractivity contribution in [1.29, 1.82) is 0 Å². The Kier molecular flexibility index (Phi) is 3.62. The van der Waals surface area contributed by atoms with Gasteiger partial charge in [-0.2, -0.15) is 0 Å². The van der Waals surface area contributed by atoms with Gasteiger partial charge in [-0.25, -0.2) is 4.79 Å². The first-order valence-corrected chi connectivity index (χ1v) is 5.78. The molecule has 1 fully saturated rings. The largest absolute Gasteiger partial charge is 0.449 e. The number of carbonyl (C=O) groups is 2. The number of amides is 1. The molecule has 0 aliphatic carbocycles. The van der Waals surface area contributed by atoms with E-state index in [1.165, 1.54) is 11.8 Å². The summed E-state index contributed by atoms with van der Waals surface area (Å²) in [6, 6.07) is 6.82. The van der Waals surface area contributed by atoms with Crippen molar-refractivity contribution in [3.05, 3.63) is 29.8 Å². The predicted molar refractivity (Wildman–Crippen MR) is 65.7 cm³/mol. The molecule has 1 amide bonds. The van der Waals surface area contributed by atoms with Gasteiger partial charge in [-0.3, -0.25) is 9.69 Å². The van der Waals surface area contributed by atoms with Gasteiger partial charge in [-0.05, 0) is 19.1 Å². The number of hydrogen-bond acceptors (Lipinski definition) is 4. The predicted octanol–water partition coefficient (Wildman–Crippen LogP) is 1.45. The molecular weight excluding hydrogens is 234 g/mol. The number of Topliss-reactive ketones (excluding diaryl/α,β-unsaturated/α-hetero) is 1. The van der Waals surface area contributed by atoms with Gasteiger partial charge < -0.3 is 9.84 Å². The van der Waals surface area contributed by atoms with Gasteiger partial charge in [0.1, 0.15) is 0 Å². The Labute approximate surface area is 105 Å². The number of aliphatic hydroxyl groups excluding tert-OH is 1. The van der Waals surface area contributed by atoms with E-state index in [9.17, 15) is 9.59 Å². The maximum Gasteiger partial charge on any atom is 0.414 e. The van der Waals surface area contributed by atoms with Crippen molar-refractivity contribution < 1.29 is 19.4 Å². The average molecular weight is 249 g/mol. The van der Waals surface area contributed by atoms with E-state index in [-0.39, 0.29) is 24.9 Å². The molecule has 0 spiro atoms. The van der Waals surface area contributed by atoms with Gasteiger partial charge in [-0.1, -0.05) is 12.1 Å². The highest BCUT2D eigenvalue weighted by molar-refractivity contribution is 5.96. The van der Waals surface area contributed by atoms with Gasteiger partial charge in [0.05, 0.1) is 13.2 Å². The SMILES string of the molecule is CC(=O)c1cccc(N2CC(CO)COC2=O)c1. The molecule has 1 N–H and O–H groups in total. The lowest BCUT2D eigenvalue weighted by Gasteiger charge is -2.31. The Bertz CT molecular complexity index is 472. The van der Waals surface area contributed by atoms with E-state index >= 15 is 0 Å². The summed E-state index contributed by atoms with van der Waals surface area (Å²) in [5.74, 6) is -0.149. The second kappa shape index (κ2) is 5.18. The smallest absolute Gasteiger partial charge is 0.414 e. The van der Waals surface area contributed by atoms with Crippen LogP contribution < -0.4 is 4.90 Å². The van der Waals surface area contributed by atoms with E-state index in [0.29, 0.717) is 17.8 Å². The number of cyclic esters (lactones) is 1. The van der Waals surface area contributed by atoms with Gasteiger partial charge in [0, 0.05) is 23.7 Å². The molecule has 5 heteroatoms. The minimum Gasteiger partial charge on any atom is -0.449 e. The van der Waals surface area contributed by atoms with Crippen LogP contribution in [0.1, 0.15) is 17.3 Å². The number of rotatable bonds is 3. The van der Waals surface area contributed by atoms with Crippen LogP contribution in [0.5, 0.6) is 0 Å². The zero-order valence-corrected chi connectivity index (χ0v) is 10.1. The molecule has 1 atom stereocenters. The van der Waals surface area contributed by atoms with E-state index in [1.807, 2.05) is 0 Å². The fourth-order valence-corrected chi connectivity index (χ4v) is 1.87. The lowest BCUT2D eigenvalue weighted by Crippen LogP contribution is -2.44. The zero-order chi connectivity index (χ0) is 13.1. The molecule has 1 saturated heterocycles. The molecule has 1 heterocycles. The van der Waals surface area contributed by atoms with Crippen molar-refractivity contribution in [2.24, 2.45) is 5.92 Å². The van der Waals surface area contributed by atoms with E-state index < -0.39 is 6.09 Å². The van der Waals surface area contributed by atoms with Crippen molar-refractivity contribution in [2.45, 2.75) is 6.92 Å². The highest BCUT2D eigenvalue weighted by Crippen LogP contribution is 2.22. The highest BCUT2D eigenvalue weighted by Gasteiger charge is 2.28. The number of anilines is 1. The maximum absolute atomic E-state index is 11.7. The second-order valence-corrected chi connectivity index (χ2v) is 4.34. The van der Waals surface area contributed by atoms with E-state index in [2.05, 4.69) is 0 Å². The number of nitrogens with zero attached hydrogens (tertiary/aromatic N) is 1. The molecule has 0 aromatic heterocycles. The van der Waals surface area contributed by atoms with Gasteiger partial charge >= 0.3 is 6.09 Å². The molecule has 0 radical (unpaired) electrons. The van der Waals surface area contributed by atoms with Crippen molar-refractivity contribution in [3.63, 3.8) is 0 Å². The highest BCUT2D eigenvalue weighted by atomic mass is 16.6. The molecule has 0 bridgehead atoms. The molecule has 1 unspecified atom stereocenters. The topological polar surface area (TPSA) is 66.8 Å². The summed E-state index contributed by atoms with van der Waals surface area (Å²) in [7, 11) is 0. The number of hydrogen-bond donors (Lipinski definition) is 1. The third kappa shape index (κ3) is 2.51. The lowest BCUT2D eigenvalue weighted by atomic mass is 10.1. The fraction of sp³-hybridized carbons (Fsp3) is 0.385. The van der Waals surface area contributed by atoms with Crippen LogP contribution in [0.15, 0.2) is 24.3 Å². The van der Waals surface area contributed by atoms with Crippen molar-refractivity contribution in [2.75, 3.05) is 24.7 Å². The van der Waals surface area contributed by atoms with Crippen LogP contribution in [0.3, 0.4) is 0 Å². The van der Waals surface area contributed by atoms with Crippen LogP contribution in [-0.4, -0.2) is 36.7 Å². The van der Waals surface area contributed by atoms with Crippen LogP contribution in [0.4, 0.5) is 10.5 Å². The monoisotopic (exact) mass is 249 g/mol. The number of carbonyl (C=O) groups excluding carboxylic acids is 2. The van der Waals surface area contributed by atoms with Crippen LogP contribution in [-0.2, 0) is 4.74 Å². The number of aliphatic hydroxyl groups is 1. The summed E-state index contributed by atoms with van der Waals surface area (Å²) >= 11 is 0. The quantitative estimate of drug-likeness (QED) is 0.823. The average Bonchev–Trinajstić information content (AvgIpc) is 2.39. The standard InChI is InChI=1S/C13H15NO4/c1-9(16)11-3-2-4-12(5-11)14-6-10(7-15)8-18-13(14)17/h2-5,10,15H,6-8H2,1H3. The molecule has 1 aromatic carbocycles. The molecule has 96 valence electrons. The Morgan fingerprint density at radius 3 is 3.00 bits per heavy atom. The lowest BCUT2D eigenvalue weighted by molar-refractivity contribution is 0.0898. The summed E-state index contributed by atoms with van der Waals surface area (Å²) in [5.41, 5.74) is 1.16. The molecule has 18 heavy (non-hydrogen) atoms. The molecule has 1 aliphatic heterocycles. The van der Waals surface area contributed by atoms with Crippen molar-refractivity contribution in [1.82, 2.24) is 0 Å². The van der Waals surface area contributed by atoms with Crippen molar-refractivity contribution in [3.8, 4) is 0 Å². The van der Waals surface area contributed by atoms with E-state index in [1.54, 1.807) is 24.3 Å². The molecule has 2 rings (SSSR count). The first kappa shape index (κ1) is 12.6. The Hall–Kier alpha value is -1.88. The van der Waals surface area contributed by atoms with E-state index in [4.69, 9.17) is 9.84 Å². The zero-order valence-electron chi connectivity index (χ0n) is 10.1. The van der Waals surface area contributed by atoms with Crippen LogP contribution in [0.2, 0.25) is 0 Å². The minimum atomic E-state index is -0.444. The summed E-state index contributed by atoms with van der Waals surface area (Å²) in [6.07, 6.45) is -0.444. The van der Waals surface area contributed by atoms with Crippen LogP contribution in [0, 0.1) is 5.92 Å². The first-order valence-electron chi connectivity index (χ1n) is 5.78. The van der Waals surface area contributed by atoms with Crippen molar-refractivity contribution >= 4 is 17.6 Å². The Morgan fingerprint density at radius 2 is 2.33 bits per heavy atom. The van der Waals surface area contributed by atoms with Crippen LogP contribution >= 0.6 is 0 Å². The van der Waals surface area contributed by atoms with E-state index in [0.717, 1.165) is 0 Å². The summed E-state index contributed by atoms with van der Waals surface area (Å²) < 4.78 is 4.99. The summed E-state index contributed by atoms with van der Waals surface area (Å²) in [6.45, 7) is 2.08. The third-order valence-corrected chi connectivity index (χ3v) is 2.93. The number of ether oxygens (including phenoxy) is 1. The molecule has 1 aliphatic rings. The van der Waals surface area contributed by atoms with Gasteiger partial charge in [-0.15, -0.1) is 0 Å². The number of benzene rings is 1. The van der Waals surface area contributed by atoms with Gasteiger partial charge in [0.25, 0.3) is 0 Å². The minimum absolute atomic E-state index is 0.0316. The molecule has 1 aromatic rings. The normalized spacial score (nSPS) is 19.6. The Morgan fingerprint density at radius 1 is 1.56 bits per heavy atom. The van der Waals surface area contributed by atoms with Crippen LogP contribution in [0.25, 0.3) is 0 Å². The Balaban J connectivity index is 2.26. The molecule has 0 saturated carbocycles. The fourth-order valence-electron chi connectivity index (χ4n) is 1.87. The molecule has 5 nitrogen and oxygen atoms in total. The maximum atomic E-state index is 11.7. The summed E-state index contributed by atoms with van der Waals surface area (Å²) in [5, 5.41) is 9.11. The number of ketones is 1. The van der Waals surface area contributed by atoms with Gasteiger partial charge in [0.15, 0.2) is 5.78 Å². The third-order valence-electron chi connectivity index (χ3n) is 2.93. The first-order chi connectivity index (χ1) is 8.61.